The maximum Gasteiger partial charge on any atom is 2.00 e. The van der Waals surface area contributed by atoms with Crippen molar-refractivity contribution in [2.24, 2.45) is 0 Å². The first-order valence-corrected chi connectivity index (χ1v) is 11.9. The maximum atomic E-state index is 4.38. The number of hydrogen-bond donors (Lipinski definition) is 0. The van der Waals surface area contributed by atoms with Gasteiger partial charge in [-0.05, 0) is 105 Å². The van der Waals surface area contributed by atoms with Crippen LogP contribution in [0.2, 0.25) is 0 Å². The second-order valence-electron chi connectivity index (χ2n) is 9.58. The molecular weight excluding hydrogens is 512 g/mol. The van der Waals surface area contributed by atoms with E-state index in [4.69, 9.17) is 0 Å². The van der Waals surface area contributed by atoms with Crippen molar-refractivity contribution in [3.05, 3.63) is 109 Å². The molecule has 4 fully saturated rings. The van der Waals surface area contributed by atoms with Gasteiger partial charge in [0.2, 0.25) is 0 Å². The molecule has 2 saturated heterocycles. The van der Waals surface area contributed by atoms with Gasteiger partial charge in [0.15, 0.2) is 0 Å². The molecule has 0 atom stereocenters. The molecule has 2 saturated carbocycles. The van der Waals surface area contributed by atoms with Crippen LogP contribution >= 0.6 is 0 Å². The van der Waals surface area contributed by atoms with Crippen LogP contribution in [0.1, 0.15) is 89.5 Å². The van der Waals surface area contributed by atoms with Crippen molar-refractivity contribution in [2.75, 3.05) is 0 Å². The van der Waals surface area contributed by atoms with E-state index in [0.29, 0.717) is 0 Å². The Labute approximate surface area is 242 Å². The van der Waals surface area contributed by atoms with Crippen molar-refractivity contribution in [2.45, 2.75) is 89.5 Å². The summed E-state index contributed by atoms with van der Waals surface area (Å²) in [7, 11) is 0. The third-order valence-corrected chi connectivity index (χ3v) is 7.66. The van der Waals surface area contributed by atoms with Gasteiger partial charge in [0, 0.05) is 0 Å². The van der Waals surface area contributed by atoms with Gasteiger partial charge in [-0.3, -0.25) is 0 Å². The summed E-state index contributed by atoms with van der Waals surface area (Å²) in [5.41, 5.74) is 0. The monoisotopic (exact) mass is 554 g/mol. The van der Waals surface area contributed by atoms with E-state index in [1.807, 2.05) is 26.7 Å². The molecule has 0 aromatic carbocycles. The summed E-state index contributed by atoms with van der Waals surface area (Å²) in [5, 5.41) is 8.75. The number of rotatable bonds is 2. The zero-order valence-corrected chi connectivity index (χ0v) is 25.8. The first kappa shape index (κ1) is 36.0. The van der Waals surface area contributed by atoms with E-state index >= 15 is 0 Å². The molecule has 0 amide bonds. The van der Waals surface area contributed by atoms with Gasteiger partial charge < -0.3 is 0 Å². The molecule has 0 spiro atoms. The maximum absolute atomic E-state index is 4.38. The number of nitrogens with zero attached hydrogens (tertiary/aromatic N) is 2. The van der Waals surface area contributed by atoms with Crippen molar-refractivity contribution in [3.8, 4) is 0 Å². The molecule has 2 heterocycles. The molecule has 188 valence electrons. The molecule has 20 radical (unpaired) electrons. The van der Waals surface area contributed by atoms with E-state index in [-0.39, 0.29) is 34.1 Å². The van der Waals surface area contributed by atoms with Gasteiger partial charge in [0.25, 0.3) is 0 Å². The molecule has 0 aromatic rings. The molecule has 0 unspecified atom stereocenters. The van der Waals surface area contributed by atoms with Crippen molar-refractivity contribution < 1.29 is 34.1 Å². The predicted molar refractivity (Wildman–Crippen MR) is 140 cm³/mol. The van der Waals surface area contributed by atoms with Crippen LogP contribution in [-0.4, -0.2) is 0 Å². The second-order valence-corrected chi connectivity index (χ2v) is 9.58. The van der Waals surface area contributed by atoms with E-state index in [2.05, 4.69) is 92.7 Å². The van der Waals surface area contributed by atoms with Crippen LogP contribution in [-0.2, 0) is 34.1 Å². The summed E-state index contributed by atoms with van der Waals surface area (Å²) in [6, 6.07) is 4.38. The molecular formula is C31H42Fe2N2+4. The fraction of sp³-hybridized carbons (Fsp3) is 0.419. The average molecular weight is 554 g/mol. The van der Waals surface area contributed by atoms with Crippen LogP contribution in [0.4, 0.5) is 0 Å². The first-order valence-electron chi connectivity index (χ1n) is 11.9. The SMILES string of the molecule is C[C]1[CH][CH][C](C[C]2[CH][CH][C](C)[N]2)[N]1.C[C]1[C](C)[C](C)[C](C)[C]1C.C[C]1[C](C)[C](C)[C](C)[C]1C.[Fe+2].[Fe+2]. The van der Waals surface area contributed by atoms with Crippen molar-refractivity contribution in [3.63, 3.8) is 0 Å². The van der Waals surface area contributed by atoms with E-state index in [9.17, 15) is 0 Å². The third-order valence-electron chi connectivity index (χ3n) is 7.66. The molecule has 2 aliphatic carbocycles. The Kier molecular flexibility index (Phi) is 16.6. The molecule has 35 heavy (non-hydrogen) atoms. The van der Waals surface area contributed by atoms with Gasteiger partial charge in [-0.25, -0.2) is 10.6 Å². The zero-order chi connectivity index (χ0) is 25.0. The smallest absolute Gasteiger partial charge is 0.224 e. The minimum Gasteiger partial charge on any atom is -0.224 e. The van der Waals surface area contributed by atoms with E-state index in [0.717, 1.165) is 30.6 Å². The molecule has 4 heteroatoms. The Balaban J connectivity index is 0.000000488. The van der Waals surface area contributed by atoms with Crippen molar-refractivity contribution in [1.82, 2.24) is 10.6 Å². The Morgan fingerprint density at radius 1 is 0.371 bits per heavy atom. The average Bonchev–Trinajstić information content (AvgIpc) is 3.48. The van der Waals surface area contributed by atoms with E-state index in [1.165, 1.54) is 59.2 Å². The Hall–Kier alpha value is 0.959. The summed E-state index contributed by atoms with van der Waals surface area (Å²) in [6.45, 7) is 26.0. The normalized spacial score (nSPS) is 27.1. The van der Waals surface area contributed by atoms with Gasteiger partial charge in [0.1, 0.15) is 0 Å². The summed E-state index contributed by atoms with van der Waals surface area (Å²) in [5.74, 6) is 14.7. The molecule has 2 aliphatic heterocycles. The fourth-order valence-electron chi connectivity index (χ4n) is 4.23. The molecule has 2 nitrogen and oxygen atoms in total. The Morgan fingerprint density at radius 3 is 0.714 bits per heavy atom. The molecule has 0 aromatic heterocycles. The fourth-order valence-corrected chi connectivity index (χ4v) is 4.23. The summed E-state index contributed by atoms with van der Waals surface area (Å²) >= 11 is 0. The quantitative estimate of drug-likeness (QED) is 0.316. The van der Waals surface area contributed by atoms with Crippen molar-refractivity contribution in [1.29, 1.82) is 0 Å². The van der Waals surface area contributed by atoms with E-state index < -0.39 is 0 Å². The molecule has 4 aliphatic rings. The van der Waals surface area contributed by atoms with Crippen LogP contribution < -0.4 is 10.6 Å². The standard InChI is InChI=1S/C11H12N2.2C10H15.2Fe/c1-8-3-5-10(12-8)7-11-6-4-9(2)13-11;2*1-6-7(2)9(4)10(5)8(6)3;;/h3-6H,7H2,1-2H3;2*1-5H3;;/q;;;2*+2. The molecule has 0 N–H and O–H groups in total. The minimum absolute atomic E-state index is 0. The molecule has 0 bridgehead atoms. The minimum atomic E-state index is 0. The third kappa shape index (κ3) is 9.58. The zero-order valence-electron chi connectivity index (χ0n) is 23.6. The second kappa shape index (κ2) is 16.2. The largest absolute Gasteiger partial charge is 2.00 e. The topological polar surface area (TPSA) is 28.2 Å². The van der Waals surface area contributed by atoms with Gasteiger partial charge in [0.05, 0.1) is 24.2 Å². The van der Waals surface area contributed by atoms with Gasteiger partial charge in [-0.15, -0.1) is 0 Å². The Bertz CT molecular complexity index is 435. The van der Waals surface area contributed by atoms with Crippen LogP contribution in [0.5, 0.6) is 0 Å². The summed E-state index contributed by atoms with van der Waals surface area (Å²) in [4.78, 5) is 0. The van der Waals surface area contributed by atoms with E-state index in [1.54, 1.807) is 0 Å². The van der Waals surface area contributed by atoms with Crippen LogP contribution in [0, 0.1) is 109 Å². The van der Waals surface area contributed by atoms with Gasteiger partial charge in [-0.1, -0.05) is 69.2 Å². The van der Waals surface area contributed by atoms with Crippen LogP contribution in [0.25, 0.3) is 0 Å². The molecule has 4 rings (SSSR count). The number of hydrogen-bond acceptors (Lipinski definition) is 0. The Morgan fingerprint density at radius 2 is 0.571 bits per heavy atom. The first-order chi connectivity index (χ1) is 15.3. The summed E-state index contributed by atoms with van der Waals surface area (Å²) < 4.78 is 0. The van der Waals surface area contributed by atoms with Crippen LogP contribution in [0.15, 0.2) is 0 Å². The van der Waals surface area contributed by atoms with Gasteiger partial charge >= 0.3 is 34.1 Å². The predicted octanol–water partition coefficient (Wildman–Crippen LogP) is 7.54. The van der Waals surface area contributed by atoms with Crippen LogP contribution in [0.3, 0.4) is 0 Å². The summed E-state index contributed by atoms with van der Waals surface area (Å²) in [6.07, 6.45) is 9.02. The van der Waals surface area contributed by atoms with Gasteiger partial charge in [-0.2, -0.15) is 0 Å². The van der Waals surface area contributed by atoms with Crippen molar-refractivity contribution >= 4 is 0 Å².